The molecule has 0 aliphatic rings. The molecule has 0 fully saturated rings. The highest BCUT2D eigenvalue weighted by atomic mass is 16.6. The van der Waals surface area contributed by atoms with E-state index in [0.29, 0.717) is 16.8 Å². The van der Waals surface area contributed by atoms with Crippen LogP contribution in [-0.4, -0.2) is 27.0 Å². The van der Waals surface area contributed by atoms with E-state index in [1.807, 2.05) is 0 Å². The first kappa shape index (κ1) is 19.7. The molecule has 0 radical (unpaired) electrons. The predicted octanol–water partition coefficient (Wildman–Crippen LogP) is 3.52. The molecule has 10 nitrogen and oxygen atoms in total. The topological polar surface area (TPSA) is 137 Å². The highest BCUT2D eigenvalue weighted by Crippen LogP contribution is 2.25. The van der Waals surface area contributed by atoms with Gasteiger partial charge in [-0.05, 0) is 43.3 Å². The summed E-state index contributed by atoms with van der Waals surface area (Å²) in [5.74, 6) is -0.574. The van der Waals surface area contributed by atoms with Crippen molar-refractivity contribution in [2.75, 3.05) is 5.32 Å². The van der Waals surface area contributed by atoms with Crippen molar-refractivity contribution in [3.63, 3.8) is 0 Å². The fraction of sp³-hybridized carbons (Fsp3) is 0.158. The fourth-order valence-electron chi connectivity index (χ4n) is 2.41. The first-order chi connectivity index (χ1) is 13.8. The Kier molecular flexibility index (Phi) is 5.63. The average Bonchev–Trinajstić information content (AvgIpc) is 3.18. The summed E-state index contributed by atoms with van der Waals surface area (Å²) in [6, 6.07) is 11.9. The summed E-state index contributed by atoms with van der Waals surface area (Å²) < 4.78 is 10.8. The molecular weight excluding hydrogens is 380 g/mol. The van der Waals surface area contributed by atoms with Crippen molar-refractivity contribution in [1.82, 2.24) is 10.2 Å². The summed E-state index contributed by atoms with van der Waals surface area (Å²) in [4.78, 5) is 33.5. The van der Waals surface area contributed by atoms with Gasteiger partial charge in [0, 0.05) is 30.3 Å². The third-order valence-corrected chi connectivity index (χ3v) is 3.84. The van der Waals surface area contributed by atoms with Crippen LogP contribution < -0.4 is 5.32 Å². The van der Waals surface area contributed by atoms with Crippen LogP contribution in [0.3, 0.4) is 0 Å². The third kappa shape index (κ3) is 4.80. The van der Waals surface area contributed by atoms with Crippen molar-refractivity contribution in [3.05, 3.63) is 70.1 Å². The molecule has 0 saturated carbocycles. The van der Waals surface area contributed by atoms with Crippen LogP contribution in [0.25, 0.3) is 11.5 Å². The van der Waals surface area contributed by atoms with E-state index in [4.69, 9.17) is 9.15 Å². The Morgan fingerprint density at radius 2 is 1.76 bits per heavy atom. The molecule has 0 aliphatic carbocycles. The SMILES string of the molecule is CC(=O)Nc1ccc(C(=O)O[C@@H](C)c2nnc(-c3ccc([N+](=O)[O-])cc3)o2)cc1. The van der Waals surface area contributed by atoms with Crippen LogP contribution in [0.5, 0.6) is 0 Å². The van der Waals surface area contributed by atoms with Gasteiger partial charge >= 0.3 is 5.97 Å². The molecule has 1 atom stereocenters. The van der Waals surface area contributed by atoms with Crippen LogP contribution in [-0.2, 0) is 9.53 Å². The van der Waals surface area contributed by atoms with Crippen LogP contribution in [0.2, 0.25) is 0 Å². The van der Waals surface area contributed by atoms with E-state index in [0.717, 1.165) is 0 Å². The van der Waals surface area contributed by atoms with Crippen LogP contribution in [0.15, 0.2) is 52.9 Å². The summed E-state index contributed by atoms with van der Waals surface area (Å²) in [5, 5.41) is 21.1. The summed E-state index contributed by atoms with van der Waals surface area (Å²) in [5.41, 5.74) is 1.30. The van der Waals surface area contributed by atoms with E-state index < -0.39 is 17.0 Å². The number of amides is 1. The van der Waals surface area contributed by atoms with Crippen LogP contribution in [0, 0.1) is 10.1 Å². The van der Waals surface area contributed by atoms with Crippen LogP contribution >= 0.6 is 0 Å². The van der Waals surface area contributed by atoms with Gasteiger partial charge in [0.05, 0.1) is 10.5 Å². The van der Waals surface area contributed by atoms with E-state index in [9.17, 15) is 19.7 Å². The summed E-state index contributed by atoms with van der Waals surface area (Å²) >= 11 is 0. The van der Waals surface area contributed by atoms with Crippen molar-refractivity contribution in [1.29, 1.82) is 0 Å². The smallest absolute Gasteiger partial charge is 0.338 e. The van der Waals surface area contributed by atoms with Crippen molar-refractivity contribution < 1.29 is 23.7 Å². The molecule has 2 aromatic carbocycles. The normalized spacial score (nSPS) is 11.5. The number of rotatable bonds is 6. The second kappa shape index (κ2) is 8.30. The maximum absolute atomic E-state index is 12.3. The largest absolute Gasteiger partial charge is 0.449 e. The minimum atomic E-state index is -0.809. The highest BCUT2D eigenvalue weighted by Gasteiger charge is 2.20. The number of hydrogen-bond acceptors (Lipinski definition) is 8. The summed E-state index contributed by atoms with van der Waals surface area (Å²) in [6.45, 7) is 2.97. The molecule has 0 spiro atoms. The number of aromatic nitrogens is 2. The van der Waals surface area contributed by atoms with Crippen LogP contribution in [0.4, 0.5) is 11.4 Å². The van der Waals surface area contributed by atoms with E-state index >= 15 is 0 Å². The lowest BCUT2D eigenvalue weighted by atomic mass is 10.2. The van der Waals surface area contributed by atoms with Gasteiger partial charge in [-0.1, -0.05) is 0 Å². The van der Waals surface area contributed by atoms with Gasteiger partial charge < -0.3 is 14.5 Å². The molecule has 148 valence electrons. The Hall–Kier alpha value is -4.08. The molecule has 1 heterocycles. The molecule has 0 aliphatic heterocycles. The Morgan fingerprint density at radius 3 is 2.34 bits per heavy atom. The van der Waals surface area contributed by atoms with Gasteiger partial charge in [0.25, 0.3) is 11.6 Å². The predicted molar refractivity (Wildman–Crippen MR) is 101 cm³/mol. The lowest BCUT2D eigenvalue weighted by molar-refractivity contribution is -0.384. The minimum absolute atomic E-state index is 0.0553. The Labute approximate surface area is 164 Å². The lowest BCUT2D eigenvalue weighted by Gasteiger charge is -2.10. The van der Waals surface area contributed by atoms with E-state index in [1.165, 1.54) is 43.3 Å². The van der Waals surface area contributed by atoms with Crippen molar-refractivity contribution in [2.24, 2.45) is 0 Å². The van der Waals surface area contributed by atoms with E-state index in [1.54, 1.807) is 19.1 Å². The van der Waals surface area contributed by atoms with Crippen molar-refractivity contribution in [2.45, 2.75) is 20.0 Å². The standard InChI is InChI=1S/C19H16N4O6/c1-11(28-19(25)14-3-7-15(8-4-14)20-12(2)24)17-21-22-18(29-17)13-5-9-16(10-6-13)23(26)27/h3-11H,1-2H3,(H,20,24)/t11-/m0/s1. The van der Waals surface area contributed by atoms with Crippen molar-refractivity contribution in [3.8, 4) is 11.5 Å². The number of nitro benzene ring substituents is 1. The maximum atomic E-state index is 12.3. The monoisotopic (exact) mass is 396 g/mol. The van der Waals surface area contributed by atoms with Gasteiger partial charge in [-0.25, -0.2) is 4.79 Å². The van der Waals surface area contributed by atoms with E-state index in [2.05, 4.69) is 15.5 Å². The number of hydrogen-bond donors (Lipinski definition) is 1. The van der Waals surface area contributed by atoms with Gasteiger partial charge in [0.1, 0.15) is 0 Å². The highest BCUT2D eigenvalue weighted by molar-refractivity contribution is 5.92. The van der Waals surface area contributed by atoms with Gasteiger partial charge in [0.15, 0.2) is 6.10 Å². The Balaban J connectivity index is 1.66. The van der Waals surface area contributed by atoms with Gasteiger partial charge in [-0.15, -0.1) is 10.2 Å². The number of benzene rings is 2. The zero-order valence-electron chi connectivity index (χ0n) is 15.5. The number of esters is 1. The van der Waals surface area contributed by atoms with Crippen LogP contribution in [0.1, 0.15) is 36.2 Å². The number of carbonyl (C=O) groups is 2. The number of non-ortho nitro benzene ring substituents is 1. The molecule has 3 aromatic rings. The molecule has 10 heteroatoms. The number of carbonyl (C=O) groups excluding carboxylic acids is 2. The number of nitrogens with one attached hydrogen (secondary N) is 1. The minimum Gasteiger partial charge on any atom is -0.449 e. The zero-order valence-corrected chi connectivity index (χ0v) is 15.5. The summed E-state index contributed by atoms with van der Waals surface area (Å²) in [7, 11) is 0. The van der Waals surface area contributed by atoms with Gasteiger partial charge in [-0.2, -0.15) is 0 Å². The quantitative estimate of drug-likeness (QED) is 0.379. The number of nitrogens with zero attached hydrogens (tertiary/aromatic N) is 3. The average molecular weight is 396 g/mol. The molecule has 3 rings (SSSR count). The molecular formula is C19H16N4O6. The fourth-order valence-corrected chi connectivity index (χ4v) is 2.41. The number of nitro groups is 1. The lowest BCUT2D eigenvalue weighted by Crippen LogP contribution is -2.10. The summed E-state index contributed by atoms with van der Waals surface area (Å²) in [6.07, 6.45) is -0.809. The molecule has 1 amide bonds. The van der Waals surface area contributed by atoms with Gasteiger partial charge in [0.2, 0.25) is 11.8 Å². The number of anilines is 1. The molecule has 0 saturated heterocycles. The first-order valence-electron chi connectivity index (χ1n) is 8.50. The Morgan fingerprint density at radius 1 is 1.10 bits per heavy atom. The molecule has 0 bridgehead atoms. The zero-order chi connectivity index (χ0) is 21.0. The Bertz CT molecular complexity index is 1040. The van der Waals surface area contributed by atoms with Crippen molar-refractivity contribution >= 4 is 23.3 Å². The second-order valence-corrected chi connectivity index (χ2v) is 6.06. The molecule has 29 heavy (non-hydrogen) atoms. The molecule has 0 unspecified atom stereocenters. The molecule has 1 aromatic heterocycles. The molecule has 1 N–H and O–H groups in total. The first-order valence-corrected chi connectivity index (χ1v) is 8.50. The van der Waals surface area contributed by atoms with E-state index in [-0.39, 0.29) is 23.4 Å². The van der Waals surface area contributed by atoms with Gasteiger partial charge in [-0.3, -0.25) is 14.9 Å². The second-order valence-electron chi connectivity index (χ2n) is 6.06. The number of ether oxygens (including phenoxy) is 1. The maximum Gasteiger partial charge on any atom is 0.338 e. The third-order valence-electron chi connectivity index (χ3n) is 3.84.